The lowest BCUT2D eigenvalue weighted by atomic mass is 9.96. The van der Waals surface area contributed by atoms with E-state index in [0.717, 1.165) is 18.7 Å². The lowest BCUT2D eigenvalue weighted by Gasteiger charge is -2.27. The summed E-state index contributed by atoms with van der Waals surface area (Å²) in [5, 5.41) is 10.0. The highest BCUT2D eigenvalue weighted by Crippen LogP contribution is 2.19. The average molecular weight is 253 g/mol. The van der Waals surface area contributed by atoms with Crippen molar-refractivity contribution >= 4 is 0 Å². The van der Waals surface area contributed by atoms with E-state index in [9.17, 15) is 9.50 Å². The second-order valence-electron chi connectivity index (χ2n) is 6.15. The number of aliphatic hydroxyl groups excluding tert-OH is 1. The highest BCUT2D eigenvalue weighted by Gasteiger charge is 2.15. The fourth-order valence-electron chi connectivity index (χ4n) is 2.08. The molecule has 1 N–H and O–H groups in total. The molecule has 0 aromatic heterocycles. The van der Waals surface area contributed by atoms with Crippen LogP contribution in [-0.2, 0) is 0 Å². The van der Waals surface area contributed by atoms with Crippen molar-refractivity contribution in [2.45, 2.75) is 33.3 Å². The minimum atomic E-state index is -0.520. The number of benzene rings is 1. The predicted molar refractivity (Wildman–Crippen MR) is 72.9 cm³/mol. The first-order valence-electron chi connectivity index (χ1n) is 6.40. The van der Waals surface area contributed by atoms with Crippen LogP contribution >= 0.6 is 0 Å². The van der Waals surface area contributed by atoms with Gasteiger partial charge in [0.15, 0.2) is 0 Å². The number of nitrogens with zero attached hydrogens (tertiary/aromatic N) is 1. The Balaban J connectivity index is 2.41. The monoisotopic (exact) mass is 253 g/mol. The average Bonchev–Trinajstić information content (AvgIpc) is 2.24. The quantitative estimate of drug-likeness (QED) is 0.871. The molecule has 1 unspecified atom stereocenters. The Labute approximate surface area is 109 Å². The molecule has 0 amide bonds. The van der Waals surface area contributed by atoms with E-state index < -0.39 is 6.10 Å². The van der Waals surface area contributed by atoms with Crippen molar-refractivity contribution < 1.29 is 9.50 Å². The molecular weight excluding hydrogens is 229 g/mol. The highest BCUT2D eigenvalue weighted by molar-refractivity contribution is 5.18. The van der Waals surface area contributed by atoms with Gasteiger partial charge in [-0.15, -0.1) is 0 Å². The molecule has 1 aromatic carbocycles. The molecule has 0 heterocycles. The first kappa shape index (κ1) is 15.1. The highest BCUT2D eigenvalue weighted by atomic mass is 19.1. The summed E-state index contributed by atoms with van der Waals surface area (Å²) in [5.41, 5.74) is 1.04. The third-order valence-electron chi connectivity index (χ3n) is 2.78. The summed E-state index contributed by atoms with van der Waals surface area (Å²) in [6, 6.07) is 6.06. The Hall–Kier alpha value is -0.930. The van der Waals surface area contributed by atoms with Crippen molar-refractivity contribution in [1.29, 1.82) is 0 Å². The Morgan fingerprint density at radius 3 is 2.28 bits per heavy atom. The Kier molecular flexibility index (Phi) is 5.29. The van der Waals surface area contributed by atoms with E-state index in [2.05, 4.69) is 32.7 Å². The van der Waals surface area contributed by atoms with Crippen LogP contribution in [0.15, 0.2) is 24.3 Å². The first-order chi connectivity index (χ1) is 8.28. The minimum absolute atomic E-state index is 0.260. The van der Waals surface area contributed by atoms with Crippen LogP contribution in [0.5, 0.6) is 0 Å². The Bertz CT molecular complexity index is 356. The summed E-state index contributed by atoms with van der Waals surface area (Å²) in [5.74, 6) is -0.268. The van der Waals surface area contributed by atoms with Crippen LogP contribution in [0.3, 0.4) is 0 Å². The van der Waals surface area contributed by atoms with Crippen LogP contribution in [-0.4, -0.2) is 30.1 Å². The third-order valence-corrected chi connectivity index (χ3v) is 2.78. The standard InChI is InChI=1S/C15H24FNO/c1-15(2,3)11-17(4)10-9-14(18)12-5-7-13(16)8-6-12/h5-8,14,18H,9-11H2,1-4H3. The summed E-state index contributed by atoms with van der Waals surface area (Å²) in [7, 11) is 2.06. The topological polar surface area (TPSA) is 23.5 Å². The molecule has 1 aromatic rings. The second kappa shape index (κ2) is 6.30. The molecule has 0 aliphatic heterocycles. The Morgan fingerprint density at radius 2 is 1.78 bits per heavy atom. The van der Waals surface area contributed by atoms with Crippen molar-refractivity contribution in [2.75, 3.05) is 20.1 Å². The molecule has 0 aliphatic rings. The van der Waals surface area contributed by atoms with E-state index in [-0.39, 0.29) is 11.2 Å². The molecule has 0 radical (unpaired) electrons. The molecule has 1 rings (SSSR count). The van der Waals surface area contributed by atoms with Crippen molar-refractivity contribution in [3.05, 3.63) is 35.6 Å². The van der Waals surface area contributed by atoms with E-state index >= 15 is 0 Å². The molecule has 1 atom stereocenters. The third kappa shape index (κ3) is 5.61. The largest absolute Gasteiger partial charge is 0.388 e. The van der Waals surface area contributed by atoms with Crippen molar-refractivity contribution in [1.82, 2.24) is 4.90 Å². The second-order valence-corrected chi connectivity index (χ2v) is 6.15. The maximum atomic E-state index is 12.8. The molecule has 0 fully saturated rings. The first-order valence-corrected chi connectivity index (χ1v) is 6.40. The van der Waals surface area contributed by atoms with Crippen LogP contribution in [0.4, 0.5) is 4.39 Å². The van der Waals surface area contributed by atoms with Crippen LogP contribution in [0.25, 0.3) is 0 Å². The van der Waals surface area contributed by atoms with Gasteiger partial charge >= 0.3 is 0 Å². The summed E-state index contributed by atoms with van der Waals surface area (Å²) in [4.78, 5) is 2.22. The predicted octanol–water partition coefficient (Wildman–Crippen LogP) is 3.23. The molecule has 0 aliphatic carbocycles. The van der Waals surface area contributed by atoms with Gasteiger partial charge in [0, 0.05) is 13.1 Å². The van der Waals surface area contributed by atoms with Crippen molar-refractivity contribution in [2.24, 2.45) is 5.41 Å². The normalized spacial score (nSPS) is 13.9. The number of rotatable bonds is 5. The van der Waals surface area contributed by atoms with Gasteiger partial charge in [0.05, 0.1) is 6.10 Å². The van der Waals surface area contributed by atoms with Gasteiger partial charge in [0.1, 0.15) is 5.82 Å². The Morgan fingerprint density at radius 1 is 1.22 bits per heavy atom. The zero-order valence-electron chi connectivity index (χ0n) is 11.8. The van der Waals surface area contributed by atoms with Gasteiger partial charge in [-0.05, 0) is 36.6 Å². The van der Waals surface area contributed by atoms with E-state index in [1.807, 2.05) is 0 Å². The fourth-order valence-corrected chi connectivity index (χ4v) is 2.08. The zero-order valence-corrected chi connectivity index (χ0v) is 11.8. The molecule has 0 spiro atoms. The lowest BCUT2D eigenvalue weighted by Crippen LogP contribution is -2.30. The van der Waals surface area contributed by atoms with Crippen LogP contribution < -0.4 is 0 Å². The molecule has 3 heteroatoms. The van der Waals surface area contributed by atoms with Gasteiger partial charge in [-0.25, -0.2) is 4.39 Å². The summed E-state index contributed by atoms with van der Waals surface area (Å²) in [6.07, 6.45) is 0.145. The molecule has 0 saturated heterocycles. The number of aliphatic hydroxyl groups is 1. The SMILES string of the molecule is CN(CCC(O)c1ccc(F)cc1)CC(C)(C)C. The maximum Gasteiger partial charge on any atom is 0.123 e. The molecule has 2 nitrogen and oxygen atoms in total. The van der Waals surface area contributed by atoms with Gasteiger partial charge in [0.25, 0.3) is 0 Å². The fraction of sp³-hybridized carbons (Fsp3) is 0.600. The minimum Gasteiger partial charge on any atom is -0.388 e. The molecule has 0 saturated carbocycles. The lowest BCUT2D eigenvalue weighted by molar-refractivity contribution is 0.137. The van der Waals surface area contributed by atoms with Crippen LogP contribution in [0.2, 0.25) is 0 Å². The molecule has 102 valence electrons. The van der Waals surface area contributed by atoms with Crippen molar-refractivity contribution in [3.8, 4) is 0 Å². The van der Waals surface area contributed by atoms with Crippen molar-refractivity contribution in [3.63, 3.8) is 0 Å². The van der Waals surface area contributed by atoms with E-state index in [1.54, 1.807) is 12.1 Å². The smallest absolute Gasteiger partial charge is 0.123 e. The van der Waals surface area contributed by atoms with Crippen LogP contribution in [0.1, 0.15) is 38.9 Å². The van der Waals surface area contributed by atoms with E-state index in [0.29, 0.717) is 6.42 Å². The van der Waals surface area contributed by atoms with Gasteiger partial charge in [-0.3, -0.25) is 0 Å². The van der Waals surface area contributed by atoms with Gasteiger partial charge in [-0.1, -0.05) is 32.9 Å². The van der Waals surface area contributed by atoms with Gasteiger partial charge in [0.2, 0.25) is 0 Å². The van der Waals surface area contributed by atoms with E-state index in [4.69, 9.17) is 0 Å². The molecule has 18 heavy (non-hydrogen) atoms. The molecule has 0 bridgehead atoms. The molecular formula is C15H24FNO. The van der Waals surface area contributed by atoms with Gasteiger partial charge < -0.3 is 10.0 Å². The summed E-state index contributed by atoms with van der Waals surface area (Å²) < 4.78 is 12.8. The maximum absolute atomic E-state index is 12.8. The number of hydrogen-bond donors (Lipinski definition) is 1. The summed E-state index contributed by atoms with van der Waals surface area (Å²) in [6.45, 7) is 8.40. The number of halogens is 1. The zero-order chi connectivity index (χ0) is 13.8. The summed E-state index contributed by atoms with van der Waals surface area (Å²) >= 11 is 0. The van der Waals surface area contributed by atoms with Gasteiger partial charge in [-0.2, -0.15) is 0 Å². The van der Waals surface area contributed by atoms with E-state index in [1.165, 1.54) is 12.1 Å². The van der Waals surface area contributed by atoms with Crippen LogP contribution in [0, 0.1) is 11.2 Å². The number of hydrogen-bond acceptors (Lipinski definition) is 2.